The van der Waals surface area contributed by atoms with Crippen molar-refractivity contribution in [1.29, 1.82) is 0 Å². The molecule has 1 atom stereocenters. The lowest BCUT2D eigenvalue weighted by atomic mass is 10.1. The minimum Gasteiger partial charge on any atom is -0.391 e. The maximum Gasteiger partial charge on any atom is 0.251 e. The third-order valence-electron chi connectivity index (χ3n) is 2.37. The van der Waals surface area contributed by atoms with Crippen LogP contribution in [0.3, 0.4) is 0 Å². The summed E-state index contributed by atoms with van der Waals surface area (Å²) >= 11 is 9.15. The van der Waals surface area contributed by atoms with E-state index in [9.17, 15) is 9.90 Å². The van der Waals surface area contributed by atoms with Crippen molar-refractivity contribution in [3.8, 4) is 0 Å². The highest BCUT2D eigenvalue weighted by atomic mass is 79.9. The average molecular weight is 335 g/mol. The quantitative estimate of drug-likeness (QED) is 0.868. The first-order valence-corrected chi connectivity index (χ1v) is 6.98. The van der Waals surface area contributed by atoms with Crippen molar-refractivity contribution in [2.24, 2.45) is 5.92 Å². The van der Waals surface area contributed by atoms with Gasteiger partial charge in [-0.2, -0.15) is 0 Å². The number of hydrogen-bond donors (Lipinski definition) is 2. The molecule has 3 nitrogen and oxygen atoms in total. The normalized spacial score (nSPS) is 12.6. The van der Waals surface area contributed by atoms with Gasteiger partial charge in [0.25, 0.3) is 5.91 Å². The Morgan fingerprint density at radius 3 is 2.67 bits per heavy atom. The molecule has 0 fully saturated rings. The molecule has 0 bridgehead atoms. The fourth-order valence-corrected chi connectivity index (χ4v) is 2.49. The molecular weight excluding hydrogens is 318 g/mol. The molecule has 0 heterocycles. The number of halogens is 2. The molecule has 0 aromatic heterocycles. The van der Waals surface area contributed by atoms with Crippen LogP contribution >= 0.6 is 27.5 Å². The summed E-state index contributed by atoms with van der Waals surface area (Å²) in [4.78, 5) is 11.8. The number of aliphatic hydroxyl groups excluding tert-OH is 1. The summed E-state index contributed by atoms with van der Waals surface area (Å²) in [6, 6.07) is 5.00. The number of carbonyl (C=O) groups excluding carboxylic acids is 1. The topological polar surface area (TPSA) is 49.3 Å². The first-order valence-electron chi connectivity index (χ1n) is 5.81. The lowest BCUT2D eigenvalue weighted by Crippen LogP contribution is -2.32. The van der Waals surface area contributed by atoms with Gasteiger partial charge in [0.2, 0.25) is 0 Å². The fraction of sp³-hybridized carbons (Fsp3) is 0.462. The van der Waals surface area contributed by atoms with E-state index in [-0.39, 0.29) is 12.5 Å². The van der Waals surface area contributed by atoms with Gasteiger partial charge in [-0.1, -0.05) is 41.4 Å². The molecule has 0 radical (unpaired) electrons. The predicted molar refractivity (Wildman–Crippen MR) is 76.9 cm³/mol. The van der Waals surface area contributed by atoms with E-state index in [0.29, 0.717) is 22.9 Å². The number of amides is 1. The molecule has 0 spiro atoms. The highest BCUT2D eigenvalue weighted by Crippen LogP contribution is 2.19. The van der Waals surface area contributed by atoms with Crippen LogP contribution in [-0.4, -0.2) is 23.7 Å². The standard InChI is InChI=1S/C13H17BrClNO2/c1-8(2)3-12(17)7-16-13(18)9-4-10(14)6-11(15)5-9/h4-6,8,12,17H,3,7H2,1-2H3,(H,16,18). The Bertz CT molecular complexity index is 403. The van der Waals surface area contributed by atoms with Crippen molar-refractivity contribution in [2.45, 2.75) is 26.4 Å². The monoisotopic (exact) mass is 333 g/mol. The smallest absolute Gasteiger partial charge is 0.251 e. The SMILES string of the molecule is CC(C)CC(O)CNC(=O)c1cc(Cl)cc(Br)c1. The van der Waals surface area contributed by atoms with Crippen molar-refractivity contribution < 1.29 is 9.90 Å². The Morgan fingerprint density at radius 2 is 2.11 bits per heavy atom. The average Bonchev–Trinajstić information content (AvgIpc) is 2.23. The lowest BCUT2D eigenvalue weighted by Gasteiger charge is -2.14. The van der Waals surface area contributed by atoms with Crippen LogP contribution in [0.4, 0.5) is 0 Å². The Labute approximate surface area is 121 Å². The molecule has 1 amide bonds. The van der Waals surface area contributed by atoms with E-state index in [0.717, 1.165) is 4.47 Å². The zero-order chi connectivity index (χ0) is 13.7. The Balaban J connectivity index is 2.55. The molecule has 1 aromatic rings. The summed E-state index contributed by atoms with van der Waals surface area (Å²) in [7, 11) is 0. The molecule has 2 N–H and O–H groups in total. The van der Waals surface area contributed by atoms with Gasteiger partial charge in [-0.25, -0.2) is 0 Å². The van der Waals surface area contributed by atoms with Gasteiger partial charge in [0.1, 0.15) is 0 Å². The molecule has 1 unspecified atom stereocenters. The summed E-state index contributed by atoms with van der Waals surface area (Å²) in [5.74, 6) is 0.165. The molecule has 0 aliphatic rings. The van der Waals surface area contributed by atoms with E-state index in [2.05, 4.69) is 21.2 Å². The highest BCUT2D eigenvalue weighted by molar-refractivity contribution is 9.10. The summed E-state index contributed by atoms with van der Waals surface area (Å²) in [5, 5.41) is 12.9. The zero-order valence-electron chi connectivity index (χ0n) is 10.4. The van der Waals surface area contributed by atoms with Gasteiger partial charge in [0.05, 0.1) is 6.10 Å². The van der Waals surface area contributed by atoms with Crippen LogP contribution in [0.25, 0.3) is 0 Å². The van der Waals surface area contributed by atoms with Crippen molar-refractivity contribution >= 4 is 33.4 Å². The van der Waals surface area contributed by atoms with Crippen molar-refractivity contribution in [3.05, 3.63) is 33.3 Å². The van der Waals surface area contributed by atoms with Crippen LogP contribution in [0.5, 0.6) is 0 Å². The Morgan fingerprint density at radius 1 is 1.44 bits per heavy atom. The number of rotatable bonds is 5. The summed E-state index contributed by atoms with van der Waals surface area (Å²) < 4.78 is 0.753. The first kappa shape index (κ1) is 15.5. The number of aliphatic hydroxyl groups is 1. The maximum absolute atomic E-state index is 11.8. The molecule has 0 aliphatic carbocycles. The van der Waals surface area contributed by atoms with Crippen LogP contribution < -0.4 is 5.32 Å². The molecular formula is C13H17BrClNO2. The number of hydrogen-bond acceptors (Lipinski definition) is 2. The molecule has 100 valence electrons. The van der Waals surface area contributed by atoms with Gasteiger partial charge in [-0.3, -0.25) is 4.79 Å². The van der Waals surface area contributed by atoms with Gasteiger partial charge >= 0.3 is 0 Å². The van der Waals surface area contributed by atoms with Gasteiger partial charge in [0.15, 0.2) is 0 Å². The Kier molecular flexibility index (Phi) is 6.12. The molecule has 1 aromatic carbocycles. The highest BCUT2D eigenvalue weighted by Gasteiger charge is 2.11. The van der Waals surface area contributed by atoms with Gasteiger partial charge in [0, 0.05) is 21.6 Å². The third kappa shape index (κ3) is 5.38. The van der Waals surface area contributed by atoms with Crippen LogP contribution in [0.2, 0.25) is 5.02 Å². The minimum atomic E-state index is -0.517. The second kappa shape index (κ2) is 7.12. The molecule has 0 saturated carbocycles. The largest absolute Gasteiger partial charge is 0.391 e. The zero-order valence-corrected chi connectivity index (χ0v) is 12.8. The van der Waals surface area contributed by atoms with E-state index < -0.39 is 6.10 Å². The molecule has 0 saturated heterocycles. The molecule has 5 heteroatoms. The van der Waals surface area contributed by atoms with Gasteiger partial charge in [-0.15, -0.1) is 0 Å². The van der Waals surface area contributed by atoms with Crippen molar-refractivity contribution in [1.82, 2.24) is 5.32 Å². The fourth-order valence-electron chi connectivity index (χ4n) is 1.62. The van der Waals surface area contributed by atoms with Crippen LogP contribution in [0.1, 0.15) is 30.6 Å². The summed E-state index contributed by atoms with van der Waals surface area (Å²) in [5.41, 5.74) is 0.478. The van der Waals surface area contributed by atoms with Crippen LogP contribution in [0.15, 0.2) is 22.7 Å². The van der Waals surface area contributed by atoms with Crippen molar-refractivity contribution in [3.63, 3.8) is 0 Å². The van der Waals surface area contributed by atoms with Crippen LogP contribution in [-0.2, 0) is 0 Å². The van der Waals surface area contributed by atoms with E-state index in [4.69, 9.17) is 11.6 Å². The predicted octanol–water partition coefficient (Wildman–Crippen LogP) is 3.24. The second-order valence-electron chi connectivity index (χ2n) is 4.65. The number of nitrogens with one attached hydrogen (secondary N) is 1. The lowest BCUT2D eigenvalue weighted by molar-refractivity contribution is 0.0900. The maximum atomic E-state index is 11.8. The third-order valence-corrected chi connectivity index (χ3v) is 3.04. The summed E-state index contributed by atoms with van der Waals surface area (Å²) in [6.45, 7) is 4.30. The van der Waals surface area contributed by atoms with E-state index in [1.54, 1.807) is 18.2 Å². The van der Waals surface area contributed by atoms with Crippen molar-refractivity contribution in [2.75, 3.05) is 6.54 Å². The number of carbonyl (C=O) groups is 1. The first-order chi connectivity index (χ1) is 8.38. The van der Waals surface area contributed by atoms with Gasteiger partial charge < -0.3 is 10.4 Å². The Hall–Kier alpha value is -0.580. The summed E-state index contributed by atoms with van der Waals surface area (Å²) in [6.07, 6.45) is 0.149. The molecule has 1 rings (SSSR count). The molecule has 0 aliphatic heterocycles. The van der Waals surface area contributed by atoms with Gasteiger partial charge in [-0.05, 0) is 30.5 Å². The van der Waals surface area contributed by atoms with E-state index >= 15 is 0 Å². The molecule has 18 heavy (non-hydrogen) atoms. The number of benzene rings is 1. The van der Waals surface area contributed by atoms with E-state index in [1.807, 2.05) is 13.8 Å². The minimum absolute atomic E-state index is 0.235. The second-order valence-corrected chi connectivity index (χ2v) is 6.00. The van der Waals surface area contributed by atoms with Crippen LogP contribution in [0, 0.1) is 5.92 Å². The van der Waals surface area contributed by atoms with E-state index in [1.165, 1.54) is 0 Å².